The van der Waals surface area contributed by atoms with Crippen LogP contribution in [0.5, 0.6) is 0 Å². The molecule has 22 heavy (non-hydrogen) atoms. The van der Waals surface area contributed by atoms with Gasteiger partial charge in [0, 0.05) is 47.5 Å². The highest BCUT2D eigenvalue weighted by Crippen LogP contribution is 2.30. The first kappa shape index (κ1) is 15.5. The molecule has 3 rings (SSSR count). The zero-order valence-electron chi connectivity index (χ0n) is 12.1. The average molecular weight is 336 g/mol. The third kappa shape index (κ3) is 3.33. The highest BCUT2D eigenvalue weighted by atomic mass is 35.5. The predicted molar refractivity (Wildman–Crippen MR) is 90.3 cm³/mol. The van der Waals surface area contributed by atoms with E-state index in [9.17, 15) is 4.79 Å². The van der Waals surface area contributed by atoms with Gasteiger partial charge in [0.25, 0.3) is 0 Å². The van der Waals surface area contributed by atoms with Gasteiger partial charge in [-0.1, -0.05) is 29.8 Å². The maximum Gasteiger partial charge on any atom is 0.249 e. The number of thiophene rings is 1. The van der Waals surface area contributed by atoms with Crippen molar-refractivity contribution >= 4 is 28.8 Å². The Morgan fingerprint density at radius 1 is 1.45 bits per heavy atom. The second kappa shape index (κ2) is 6.79. The summed E-state index contributed by atoms with van der Waals surface area (Å²) >= 11 is 7.94. The fourth-order valence-corrected chi connectivity index (χ4v) is 3.94. The Balaban J connectivity index is 1.80. The van der Waals surface area contributed by atoms with Crippen molar-refractivity contribution in [2.24, 2.45) is 5.73 Å². The number of nitrogens with zero attached hydrogens (tertiary/aromatic N) is 1. The van der Waals surface area contributed by atoms with Crippen molar-refractivity contribution < 1.29 is 4.79 Å². The summed E-state index contributed by atoms with van der Waals surface area (Å²) in [6.45, 7) is 3.57. The monoisotopic (exact) mass is 335 g/mol. The first-order valence-corrected chi connectivity index (χ1v) is 8.47. The summed E-state index contributed by atoms with van der Waals surface area (Å²) in [6.07, 6.45) is 0. The van der Waals surface area contributed by atoms with Crippen molar-refractivity contribution in [1.29, 1.82) is 0 Å². The molecule has 3 N–H and O–H groups in total. The maximum absolute atomic E-state index is 11.2. The third-order valence-corrected chi connectivity index (χ3v) is 5.18. The standard InChI is InChI=1S/C16H18ClN3OS/c17-14-4-2-1-3-13(14)15-8-19-5-6-20(15)9-12-7-11(10-22-12)16(18)21/h1-4,7,10,15,19H,5-6,8-9H2,(H2,18,21). The van der Waals surface area contributed by atoms with Crippen LogP contribution in [0.1, 0.15) is 26.8 Å². The quantitative estimate of drug-likeness (QED) is 0.903. The number of amides is 1. The van der Waals surface area contributed by atoms with Crippen LogP contribution in [-0.2, 0) is 6.54 Å². The number of rotatable bonds is 4. The summed E-state index contributed by atoms with van der Waals surface area (Å²) in [6, 6.07) is 10.1. The normalized spacial score (nSPS) is 19.2. The number of halogens is 1. The minimum absolute atomic E-state index is 0.238. The minimum Gasteiger partial charge on any atom is -0.366 e. The molecular formula is C16H18ClN3OS. The van der Waals surface area contributed by atoms with E-state index in [4.69, 9.17) is 17.3 Å². The number of carbonyl (C=O) groups is 1. The molecule has 1 aromatic heterocycles. The summed E-state index contributed by atoms with van der Waals surface area (Å²) in [5, 5.41) is 6.05. The molecule has 1 aliphatic heterocycles. The van der Waals surface area contributed by atoms with Gasteiger partial charge < -0.3 is 11.1 Å². The second-order valence-electron chi connectivity index (χ2n) is 5.38. The van der Waals surface area contributed by atoms with Crippen molar-refractivity contribution in [3.8, 4) is 0 Å². The second-order valence-corrected chi connectivity index (χ2v) is 6.78. The number of primary amides is 1. The van der Waals surface area contributed by atoms with Crippen LogP contribution in [0.15, 0.2) is 35.7 Å². The Morgan fingerprint density at radius 3 is 3.00 bits per heavy atom. The Hall–Kier alpha value is -1.40. The molecule has 4 nitrogen and oxygen atoms in total. The largest absolute Gasteiger partial charge is 0.366 e. The fourth-order valence-electron chi connectivity index (χ4n) is 2.78. The molecule has 0 radical (unpaired) electrons. The van der Waals surface area contributed by atoms with Crippen molar-refractivity contribution in [3.63, 3.8) is 0 Å². The summed E-state index contributed by atoms with van der Waals surface area (Å²) in [5.74, 6) is -0.370. The molecule has 1 saturated heterocycles. The Labute approximate surface area is 138 Å². The molecule has 116 valence electrons. The zero-order valence-corrected chi connectivity index (χ0v) is 13.7. The van der Waals surface area contributed by atoms with Crippen LogP contribution in [0.4, 0.5) is 0 Å². The van der Waals surface area contributed by atoms with Gasteiger partial charge in [0.2, 0.25) is 5.91 Å². The lowest BCUT2D eigenvalue weighted by molar-refractivity contribution is 0.100. The summed E-state index contributed by atoms with van der Waals surface area (Å²) in [5.41, 5.74) is 7.05. The maximum atomic E-state index is 11.2. The number of benzene rings is 1. The van der Waals surface area contributed by atoms with Gasteiger partial charge in [-0.15, -0.1) is 11.3 Å². The first-order valence-electron chi connectivity index (χ1n) is 7.21. The Bertz CT molecular complexity index is 673. The smallest absolute Gasteiger partial charge is 0.249 e. The summed E-state index contributed by atoms with van der Waals surface area (Å²) < 4.78 is 0. The van der Waals surface area contributed by atoms with E-state index in [0.29, 0.717) is 5.56 Å². The van der Waals surface area contributed by atoms with Gasteiger partial charge in [0.1, 0.15) is 0 Å². The molecule has 1 fully saturated rings. The molecule has 1 atom stereocenters. The van der Waals surface area contributed by atoms with Crippen molar-refractivity contribution in [2.75, 3.05) is 19.6 Å². The molecule has 1 unspecified atom stereocenters. The molecule has 0 saturated carbocycles. The van der Waals surface area contributed by atoms with Crippen molar-refractivity contribution in [3.05, 3.63) is 56.7 Å². The van der Waals surface area contributed by atoms with E-state index in [1.165, 1.54) is 0 Å². The van der Waals surface area contributed by atoms with Gasteiger partial charge in [-0.3, -0.25) is 9.69 Å². The van der Waals surface area contributed by atoms with Crippen LogP contribution in [0, 0.1) is 0 Å². The first-order chi connectivity index (χ1) is 10.6. The third-order valence-electron chi connectivity index (χ3n) is 3.92. The molecule has 0 bridgehead atoms. The van der Waals surface area contributed by atoms with E-state index in [-0.39, 0.29) is 11.9 Å². The van der Waals surface area contributed by atoms with Crippen LogP contribution in [0.3, 0.4) is 0 Å². The Kier molecular flexibility index (Phi) is 4.78. The van der Waals surface area contributed by atoms with Gasteiger partial charge >= 0.3 is 0 Å². The van der Waals surface area contributed by atoms with Gasteiger partial charge in [-0.25, -0.2) is 0 Å². The molecular weight excluding hydrogens is 318 g/mol. The number of nitrogens with one attached hydrogen (secondary N) is 1. The van der Waals surface area contributed by atoms with Crippen molar-refractivity contribution in [2.45, 2.75) is 12.6 Å². The van der Waals surface area contributed by atoms with Gasteiger partial charge in [-0.05, 0) is 17.7 Å². The predicted octanol–water partition coefficient (Wildman–Crippen LogP) is 2.65. The van der Waals surface area contributed by atoms with Gasteiger partial charge in [0.05, 0.1) is 5.56 Å². The molecule has 2 heterocycles. The minimum atomic E-state index is -0.370. The van der Waals surface area contributed by atoms with Gasteiger partial charge in [-0.2, -0.15) is 0 Å². The van der Waals surface area contributed by atoms with E-state index in [0.717, 1.165) is 41.6 Å². The summed E-state index contributed by atoms with van der Waals surface area (Å²) in [4.78, 5) is 14.8. The Morgan fingerprint density at radius 2 is 2.27 bits per heavy atom. The SMILES string of the molecule is NC(=O)c1csc(CN2CCNCC2c2ccccc2Cl)c1. The van der Waals surface area contributed by atoms with E-state index in [1.54, 1.807) is 11.3 Å². The highest BCUT2D eigenvalue weighted by molar-refractivity contribution is 7.10. The average Bonchev–Trinajstić information content (AvgIpc) is 2.97. The number of nitrogens with two attached hydrogens (primary N) is 1. The molecule has 6 heteroatoms. The molecule has 2 aromatic rings. The molecule has 1 aliphatic rings. The van der Waals surface area contributed by atoms with E-state index in [2.05, 4.69) is 16.3 Å². The molecule has 1 amide bonds. The highest BCUT2D eigenvalue weighted by Gasteiger charge is 2.25. The topological polar surface area (TPSA) is 58.4 Å². The molecule has 0 aliphatic carbocycles. The van der Waals surface area contributed by atoms with E-state index in [1.807, 2.05) is 29.6 Å². The fraction of sp³-hybridized carbons (Fsp3) is 0.312. The van der Waals surface area contributed by atoms with Crippen LogP contribution >= 0.6 is 22.9 Å². The number of hydrogen-bond donors (Lipinski definition) is 2. The molecule has 0 spiro atoms. The number of carbonyl (C=O) groups excluding carboxylic acids is 1. The van der Waals surface area contributed by atoms with Crippen LogP contribution in [-0.4, -0.2) is 30.4 Å². The lowest BCUT2D eigenvalue weighted by atomic mass is 10.0. The summed E-state index contributed by atoms with van der Waals surface area (Å²) in [7, 11) is 0. The van der Waals surface area contributed by atoms with Crippen LogP contribution in [0.2, 0.25) is 5.02 Å². The van der Waals surface area contributed by atoms with Gasteiger partial charge in [0.15, 0.2) is 0 Å². The lowest BCUT2D eigenvalue weighted by Crippen LogP contribution is -2.45. The van der Waals surface area contributed by atoms with E-state index >= 15 is 0 Å². The van der Waals surface area contributed by atoms with Crippen molar-refractivity contribution in [1.82, 2.24) is 10.2 Å². The van der Waals surface area contributed by atoms with E-state index < -0.39 is 0 Å². The number of hydrogen-bond acceptors (Lipinski definition) is 4. The van der Waals surface area contributed by atoms with Crippen LogP contribution in [0.25, 0.3) is 0 Å². The van der Waals surface area contributed by atoms with Crippen LogP contribution < -0.4 is 11.1 Å². The molecule has 1 aromatic carbocycles. The zero-order chi connectivity index (χ0) is 15.5. The number of piperazine rings is 1. The lowest BCUT2D eigenvalue weighted by Gasteiger charge is -2.36.